The van der Waals surface area contributed by atoms with Gasteiger partial charge in [0.1, 0.15) is 6.04 Å². The van der Waals surface area contributed by atoms with Crippen molar-refractivity contribution in [1.82, 2.24) is 9.62 Å². The summed E-state index contributed by atoms with van der Waals surface area (Å²) in [5.41, 5.74) is 1.35. The number of anilines is 1. The van der Waals surface area contributed by atoms with E-state index in [2.05, 4.69) is 5.32 Å². The van der Waals surface area contributed by atoms with E-state index in [0.717, 1.165) is 37.7 Å². The molecule has 0 spiro atoms. The summed E-state index contributed by atoms with van der Waals surface area (Å²) >= 11 is 0. The molecule has 0 bridgehead atoms. The van der Waals surface area contributed by atoms with Crippen LogP contribution in [0.1, 0.15) is 51.5 Å². The van der Waals surface area contributed by atoms with Gasteiger partial charge in [-0.2, -0.15) is 4.31 Å². The summed E-state index contributed by atoms with van der Waals surface area (Å²) in [6.07, 6.45) is 5.00. The van der Waals surface area contributed by atoms with E-state index >= 15 is 0 Å². The maximum Gasteiger partial charge on any atom is 0.243 e. The van der Waals surface area contributed by atoms with Crippen LogP contribution in [0.2, 0.25) is 0 Å². The molecule has 0 saturated carbocycles. The fraction of sp³-hybridized carbons (Fsp3) is 0.600. The fourth-order valence-electron chi connectivity index (χ4n) is 3.98. The van der Waals surface area contributed by atoms with Crippen LogP contribution in [0.3, 0.4) is 0 Å². The predicted octanol–water partition coefficient (Wildman–Crippen LogP) is 2.06. The zero-order valence-corrected chi connectivity index (χ0v) is 17.4. The van der Waals surface area contributed by atoms with Crippen molar-refractivity contribution in [2.24, 2.45) is 0 Å². The lowest BCUT2D eigenvalue weighted by atomic mass is 10.1. The lowest BCUT2D eigenvalue weighted by Crippen LogP contribution is -2.47. The Balaban J connectivity index is 1.89. The Kier molecular flexibility index (Phi) is 6.40. The van der Waals surface area contributed by atoms with Gasteiger partial charge in [-0.3, -0.25) is 14.5 Å². The van der Waals surface area contributed by atoms with Crippen molar-refractivity contribution in [3.8, 4) is 0 Å². The standard InChI is InChI=1S/C20H29N3O4S/c1-3-10-21-20(25)19-14-16-13-17(8-9-18(16)23(19)15(2)24)28(26,27)22-11-6-4-5-7-12-22/h8-9,13,19H,3-7,10-12,14H2,1-2H3,(H,21,25)/t19-/m0/s1. The van der Waals surface area contributed by atoms with Gasteiger partial charge in [0.15, 0.2) is 0 Å². The summed E-state index contributed by atoms with van der Waals surface area (Å²) in [5.74, 6) is -0.427. The summed E-state index contributed by atoms with van der Waals surface area (Å²) in [4.78, 5) is 26.4. The lowest BCUT2D eigenvalue weighted by Gasteiger charge is -2.23. The van der Waals surface area contributed by atoms with Gasteiger partial charge < -0.3 is 5.32 Å². The van der Waals surface area contributed by atoms with Crippen molar-refractivity contribution in [3.63, 3.8) is 0 Å². The molecule has 2 heterocycles. The highest BCUT2D eigenvalue weighted by atomic mass is 32.2. The molecule has 2 aliphatic heterocycles. The Morgan fingerprint density at radius 1 is 1.14 bits per heavy atom. The zero-order chi connectivity index (χ0) is 20.3. The fourth-order valence-corrected chi connectivity index (χ4v) is 5.55. The number of rotatable bonds is 5. The van der Waals surface area contributed by atoms with Gasteiger partial charge in [-0.05, 0) is 43.0 Å². The third kappa shape index (κ3) is 4.07. The number of nitrogens with one attached hydrogen (secondary N) is 1. The summed E-state index contributed by atoms with van der Waals surface area (Å²) in [6, 6.07) is 4.23. The minimum Gasteiger partial charge on any atom is -0.354 e. The average Bonchev–Trinajstić information content (AvgIpc) is 2.84. The van der Waals surface area contributed by atoms with Crippen molar-refractivity contribution in [2.45, 2.75) is 63.3 Å². The summed E-state index contributed by atoms with van der Waals surface area (Å²) < 4.78 is 27.7. The van der Waals surface area contributed by atoms with Gasteiger partial charge in [0.05, 0.1) is 4.90 Å². The topological polar surface area (TPSA) is 86.8 Å². The third-order valence-electron chi connectivity index (χ3n) is 5.43. The van der Waals surface area contributed by atoms with E-state index in [0.29, 0.717) is 31.7 Å². The van der Waals surface area contributed by atoms with Gasteiger partial charge >= 0.3 is 0 Å². The molecule has 0 unspecified atom stereocenters. The van der Waals surface area contributed by atoms with E-state index in [9.17, 15) is 18.0 Å². The van der Waals surface area contributed by atoms with E-state index in [-0.39, 0.29) is 16.7 Å². The van der Waals surface area contributed by atoms with E-state index in [1.165, 1.54) is 11.8 Å². The van der Waals surface area contributed by atoms with Gasteiger partial charge in [0.25, 0.3) is 0 Å². The van der Waals surface area contributed by atoms with Gasteiger partial charge in [0.2, 0.25) is 21.8 Å². The smallest absolute Gasteiger partial charge is 0.243 e. The Morgan fingerprint density at radius 2 is 1.82 bits per heavy atom. The maximum atomic E-state index is 13.1. The van der Waals surface area contributed by atoms with Crippen LogP contribution in [0, 0.1) is 0 Å². The van der Waals surface area contributed by atoms with Crippen molar-refractivity contribution in [1.29, 1.82) is 0 Å². The second kappa shape index (κ2) is 8.61. The Labute approximate surface area is 167 Å². The molecule has 2 amide bonds. The molecule has 0 radical (unpaired) electrons. The van der Waals surface area contributed by atoms with E-state index in [1.54, 1.807) is 22.5 Å². The first-order valence-corrected chi connectivity index (χ1v) is 11.5. The molecule has 2 aliphatic rings. The predicted molar refractivity (Wildman–Crippen MR) is 108 cm³/mol. The molecule has 154 valence electrons. The highest BCUT2D eigenvalue weighted by Crippen LogP contribution is 2.35. The first kappa shape index (κ1) is 20.8. The van der Waals surface area contributed by atoms with Gasteiger partial charge in [0, 0.05) is 38.7 Å². The van der Waals surface area contributed by atoms with Crippen LogP contribution in [0.5, 0.6) is 0 Å². The monoisotopic (exact) mass is 407 g/mol. The molecule has 1 N–H and O–H groups in total. The molecule has 1 saturated heterocycles. The van der Waals surface area contributed by atoms with Crippen molar-refractivity contribution in [3.05, 3.63) is 23.8 Å². The second-order valence-corrected chi connectivity index (χ2v) is 9.45. The molecule has 1 atom stereocenters. The molecule has 1 aromatic rings. The SMILES string of the molecule is CCCNC(=O)[C@@H]1Cc2cc(S(=O)(=O)N3CCCCCC3)ccc2N1C(C)=O. The van der Waals surface area contributed by atoms with Crippen LogP contribution < -0.4 is 10.2 Å². The number of hydrogen-bond donors (Lipinski definition) is 1. The number of sulfonamides is 1. The van der Waals surface area contributed by atoms with Crippen LogP contribution >= 0.6 is 0 Å². The Hall–Kier alpha value is -1.93. The van der Waals surface area contributed by atoms with Crippen molar-refractivity contribution in [2.75, 3.05) is 24.5 Å². The van der Waals surface area contributed by atoms with Gasteiger partial charge in [-0.1, -0.05) is 19.8 Å². The van der Waals surface area contributed by atoms with Crippen molar-refractivity contribution >= 4 is 27.5 Å². The number of carbonyl (C=O) groups excluding carboxylic acids is 2. The second-order valence-electron chi connectivity index (χ2n) is 7.51. The van der Waals surface area contributed by atoms with E-state index in [1.807, 2.05) is 6.92 Å². The number of fused-ring (bicyclic) bond motifs is 1. The molecule has 0 aliphatic carbocycles. The summed E-state index contributed by atoms with van der Waals surface area (Å²) in [6.45, 7) is 5.03. The molecular formula is C20H29N3O4S. The number of amides is 2. The average molecular weight is 408 g/mol. The Morgan fingerprint density at radius 3 is 2.43 bits per heavy atom. The molecule has 1 aromatic carbocycles. The van der Waals surface area contributed by atoms with Gasteiger partial charge in [-0.15, -0.1) is 0 Å². The van der Waals surface area contributed by atoms with Crippen molar-refractivity contribution < 1.29 is 18.0 Å². The first-order valence-electron chi connectivity index (χ1n) is 10.1. The van der Waals surface area contributed by atoms with Gasteiger partial charge in [-0.25, -0.2) is 8.42 Å². The summed E-state index contributed by atoms with van der Waals surface area (Å²) in [5, 5.41) is 2.84. The minimum absolute atomic E-state index is 0.204. The largest absolute Gasteiger partial charge is 0.354 e. The zero-order valence-electron chi connectivity index (χ0n) is 16.6. The highest BCUT2D eigenvalue weighted by molar-refractivity contribution is 7.89. The Bertz CT molecular complexity index is 845. The molecule has 7 nitrogen and oxygen atoms in total. The molecular weight excluding hydrogens is 378 g/mol. The molecule has 28 heavy (non-hydrogen) atoms. The third-order valence-corrected chi connectivity index (χ3v) is 7.32. The van der Waals surface area contributed by atoms with Crippen LogP contribution in [0.25, 0.3) is 0 Å². The van der Waals surface area contributed by atoms with Crippen LogP contribution in [-0.2, 0) is 26.0 Å². The van der Waals surface area contributed by atoms with Crippen LogP contribution in [0.4, 0.5) is 5.69 Å². The summed E-state index contributed by atoms with van der Waals surface area (Å²) in [7, 11) is -3.57. The van der Waals surface area contributed by atoms with E-state index in [4.69, 9.17) is 0 Å². The number of hydrogen-bond acceptors (Lipinski definition) is 4. The number of nitrogens with zero attached hydrogens (tertiary/aromatic N) is 2. The normalized spacial score (nSPS) is 20.5. The molecule has 0 aromatic heterocycles. The quantitative estimate of drug-likeness (QED) is 0.809. The molecule has 8 heteroatoms. The maximum absolute atomic E-state index is 13.1. The number of benzene rings is 1. The highest BCUT2D eigenvalue weighted by Gasteiger charge is 2.38. The number of carbonyl (C=O) groups is 2. The molecule has 1 fully saturated rings. The lowest BCUT2D eigenvalue weighted by molar-refractivity contribution is -0.125. The van der Waals surface area contributed by atoms with Crippen LogP contribution in [-0.4, -0.2) is 50.2 Å². The minimum atomic E-state index is -3.57. The van der Waals surface area contributed by atoms with Crippen LogP contribution in [0.15, 0.2) is 23.1 Å². The van der Waals surface area contributed by atoms with E-state index < -0.39 is 16.1 Å². The first-order chi connectivity index (χ1) is 13.4. The molecule has 3 rings (SSSR count).